The molecule has 0 saturated carbocycles. The van der Waals surface area contributed by atoms with Crippen LogP contribution in [0, 0.1) is 6.92 Å². The molecule has 6 rings (SSSR count). The summed E-state index contributed by atoms with van der Waals surface area (Å²) in [5.41, 5.74) is 3.58. The summed E-state index contributed by atoms with van der Waals surface area (Å²) < 4.78 is 5.29. The number of hydrogen-bond acceptors (Lipinski definition) is 4. The molecule has 2 heterocycles. The molecule has 6 heteroatoms. The minimum atomic E-state index is -0.830. The van der Waals surface area contributed by atoms with Crippen LogP contribution >= 0.6 is 0 Å². The lowest BCUT2D eigenvalue weighted by atomic mass is 9.92. The number of aryl methyl sites for hydroxylation is 1. The molecule has 0 radical (unpaired) electrons. The van der Waals surface area contributed by atoms with Crippen molar-refractivity contribution in [1.82, 2.24) is 4.98 Å². The molecule has 4 aromatic carbocycles. The molecule has 5 aromatic rings. The van der Waals surface area contributed by atoms with Crippen molar-refractivity contribution in [2.75, 3.05) is 12.0 Å². The number of aliphatic hydroxyl groups excluding tert-OH is 1. The largest absolute Gasteiger partial charge is 0.507 e. The molecule has 1 fully saturated rings. The van der Waals surface area contributed by atoms with E-state index in [1.807, 2.05) is 67.6 Å². The third-order valence-electron chi connectivity index (χ3n) is 7.06. The van der Waals surface area contributed by atoms with E-state index in [2.05, 4.69) is 4.98 Å². The second-order valence-electron chi connectivity index (χ2n) is 9.10. The van der Waals surface area contributed by atoms with Crippen LogP contribution in [-0.4, -0.2) is 28.9 Å². The Morgan fingerprint density at radius 3 is 2.30 bits per heavy atom. The summed E-state index contributed by atoms with van der Waals surface area (Å²) in [6.07, 6.45) is 0. The Kier molecular flexibility index (Phi) is 5.30. The standard InChI is InChI=1S/C31H24N2O4/c1-18-26(24-11-5-6-13-25(24)32-18)28-27(29(34)23-12-7-9-19-8-3-4-10-22(19)23)30(35)31(36)33(28)20-14-16-21(37-2)17-15-20/h3-17,28,32,34H,1-2H3/b29-27+. The van der Waals surface area contributed by atoms with Crippen LogP contribution in [0.4, 0.5) is 5.69 Å². The fourth-order valence-corrected chi connectivity index (χ4v) is 5.34. The van der Waals surface area contributed by atoms with Gasteiger partial charge in [0, 0.05) is 33.4 Å². The zero-order chi connectivity index (χ0) is 25.7. The van der Waals surface area contributed by atoms with Crippen LogP contribution in [0.15, 0.2) is 96.6 Å². The van der Waals surface area contributed by atoms with Gasteiger partial charge < -0.3 is 14.8 Å². The van der Waals surface area contributed by atoms with E-state index in [1.54, 1.807) is 37.4 Å². The number of nitrogens with zero attached hydrogens (tertiary/aromatic N) is 1. The normalized spacial score (nSPS) is 17.1. The van der Waals surface area contributed by atoms with Gasteiger partial charge in [-0.05, 0) is 48.0 Å². The number of benzene rings is 4. The molecule has 0 spiro atoms. The molecule has 1 saturated heterocycles. The number of amides is 1. The van der Waals surface area contributed by atoms with E-state index in [0.29, 0.717) is 17.0 Å². The number of aliphatic hydroxyl groups is 1. The van der Waals surface area contributed by atoms with Crippen LogP contribution in [0.5, 0.6) is 5.75 Å². The van der Waals surface area contributed by atoms with E-state index in [-0.39, 0.29) is 11.3 Å². The number of aromatic amines is 1. The second-order valence-corrected chi connectivity index (χ2v) is 9.10. The van der Waals surface area contributed by atoms with Crippen molar-refractivity contribution >= 4 is 44.8 Å². The first kappa shape index (κ1) is 22.6. The number of H-pyrrole nitrogens is 1. The molecule has 0 bridgehead atoms. The van der Waals surface area contributed by atoms with Gasteiger partial charge in [0.1, 0.15) is 11.5 Å². The third-order valence-corrected chi connectivity index (χ3v) is 7.06. The molecule has 182 valence electrons. The minimum absolute atomic E-state index is 0.0602. The molecule has 1 aliphatic heterocycles. The summed E-state index contributed by atoms with van der Waals surface area (Å²) >= 11 is 0. The van der Waals surface area contributed by atoms with Gasteiger partial charge in [-0.15, -0.1) is 0 Å². The number of carbonyl (C=O) groups is 2. The molecule has 1 amide bonds. The Bertz CT molecular complexity index is 1720. The van der Waals surface area contributed by atoms with Crippen molar-refractivity contribution < 1.29 is 19.4 Å². The van der Waals surface area contributed by atoms with Crippen LogP contribution < -0.4 is 9.64 Å². The first-order valence-corrected chi connectivity index (χ1v) is 12.0. The number of hydrogen-bond donors (Lipinski definition) is 2. The van der Waals surface area contributed by atoms with E-state index in [0.717, 1.165) is 32.9 Å². The van der Waals surface area contributed by atoms with Crippen LogP contribution in [0.3, 0.4) is 0 Å². The van der Waals surface area contributed by atoms with Gasteiger partial charge in [0.05, 0.1) is 18.7 Å². The molecule has 2 N–H and O–H groups in total. The smallest absolute Gasteiger partial charge is 0.300 e. The Morgan fingerprint density at radius 2 is 1.54 bits per heavy atom. The number of anilines is 1. The van der Waals surface area contributed by atoms with Gasteiger partial charge in [-0.3, -0.25) is 14.5 Å². The lowest BCUT2D eigenvalue weighted by molar-refractivity contribution is -0.132. The topological polar surface area (TPSA) is 82.6 Å². The predicted molar refractivity (Wildman–Crippen MR) is 145 cm³/mol. The monoisotopic (exact) mass is 488 g/mol. The van der Waals surface area contributed by atoms with E-state index >= 15 is 0 Å². The Morgan fingerprint density at radius 1 is 0.865 bits per heavy atom. The fraction of sp³-hybridized carbons (Fsp3) is 0.0968. The number of ether oxygens (including phenoxy) is 1. The van der Waals surface area contributed by atoms with Gasteiger partial charge in [0.25, 0.3) is 11.7 Å². The zero-order valence-electron chi connectivity index (χ0n) is 20.4. The van der Waals surface area contributed by atoms with Crippen molar-refractivity contribution in [3.63, 3.8) is 0 Å². The lowest BCUT2D eigenvalue weighted by Gasteiger charge is -2.26. The quantitative estimate of drug-likeness (QED) is 0.178. The van der Waals surface area contributed by atoms with Gasteiger partial charge >= 0.3 is 0 Å². The summed E-state index contributed by atoms with van der Waals surface area (Å²) in [7, 11) is 1.57. The maximum atomic E-state index is 13.7. The van der Waals surface area contributed by atoms with Gasteiger partial charge in [-0.1, -0.05) is 60.7 Å². The summed E-state index contributed by atoms with van der Waals surface area (Å²) in [4.78, 5) is 32.1. The predicted octanol–water partition coefficient (Wildman–Crippen LogP) is 6.26. The van der Waals surface area contributed by atoms with Crippen molar-refractivity contribution in [2.24, 2.45) is 0 Å². The van der Waals surface area contributed by atoms with Crippen LogP contribution in [0.2, 0.25) is 0 Å². The molecule has 0 aliphatic carbocycles. The van der Waals surface area contributed by atoms with Crippen molar-refractivity contribution in [3.05, 3.63) is 113 Å². The van der Waals surface area contributed by atoms with Gasteiger partial charge in [0.2, 0.25) is 0 Å². The first-order valence-electron chi connectivity index (χ1n) is 12.0. The van der Waals surface area contributed by atoms with Crippen molar-refractivity contribution in [1.29, 1.82) is 0 Å². The average molecular weight is 489 g/mol. The molecular formula is C31H24N2O4. The van der Waals surface area contributed by atoms with Gasteiger partial charge in [-0.2, -0.15) is 0 Å². The molecule has 37 heavy (non-hydrogen) atoms. The number of rotatable bonds is 4. The molecule has 1 aliphatic rings. The molecule has 1 aromatic heterocycles. The van der Waals surface area contributed by atoms with E-state index in [4.69, 9.17) is 4.74 Å². The third kappa shape index (κ3) is 3.49. The number of para-hydroxylation sites is 1. The highest BCUT2D eigenvalue weighted by atomic mass is 16.5. The van der Waals surface area contributed by atoms with Crippen LogP contribution in [-0.2, 0) is 9.59 Å². The highest BCUT2D eigenvalue weighted by Crippen LogP contribution is 2.46. The summed E-state index contributed by atoms with van der Waals surface area (Å²) in [6, 6.07) is 27.1. The minimum Gasteiger partial charge on any atom is -0.507 e. The molecule has 6 nitrogen and oxygen atoms in total. The van der Waals surface area contributed by atoms with Crippen molar-refractivity contribution in [3.8, 4) is 5.75 Å². The molecular weight excluding hydrogens is 464 g/mol. The molecule has 1 atom stereocenters. The second kappa shape index (κ2) is 8.68. The number of fused-ring (bicyclic) bond motifs is 2. The van der Waals surface area contributed by atoms with Gasteiger partial charge in [-0.25, -0.2) is 0 Å². The Labute approximate surface area is 213 Å². The SMILES string of the molecule is COc1ccc(N2C(=O)C(=O)/C(=C(/O)c3cccc4ccccc34)C2c2c(C)[nH]c3ccccc23)cc1. The van der Waals surface area contributed by atoms with E-state index < -0.39 is 17.7 Å². The lowest BCUT2D eigenvalue weighted by Crippen LogP contribution is -2.29. The number of methoxy groups -OCH3 is 1. The molecule has 1 unspecified atom stereocenters. The number of Topliss-reactive ketones (excluding diaryl/α,β-unsaturated/α-hetero) is 1. The highest BCUT2D eigenvalue weighted by Gasteiger charge is 2.48. The first-order chi connectivity index (χ1) is 18.0. The van der Waals surface area contributed by atoms with E-state index in [1.165, 1.54) is 4.90 Å². The van der Waals surface area contributed by atoms with Crippen LogP contribution in [0.25, 0.3) is 27.4 Å². The summed E-state index contributed by atoms with van der Waals surface area (Å²) in [5, 5.41) is 14.3. The Balaban J connectivity index is 1.66. The maximum absolute atomic E-state index is 13.7. The highest BCUT2D eigenvalue weighted by molar-refractivity contribution is 6.52. The summed E-state index contributed by atoms with van der Waals surface area (Å²) in [6.45, 7) is 1.92. The maximum Gasteiger partial charge on any atom is 0.300 e. The number of aromatic nitrogens is 1. The zero-order valence-corrected chi connectivity index (χ0v) is 20.4. The fourth-order valence-electron chi connectivity index (χ4n) is 5.34. The van der Waals surface area contributed by atoms with E-state index in [9.17, 15) is 14.7 Å². The number of ketones is 1. The van der Waals surface area contributed by atoms with Crippen LogP contribution in [0.1, 0.15) is 22.9 Å². The number of nitrogens with one attached hydrogen (secondary N) is 1. The number of carbonyl (C=O) groups excluding carboxylic acids is 2. The van der Waals surface area contributed by atoms with Gasteiger partial charge in [0.15, 0.2) is 0 Å². The average Bonchev–Trinajstić information content (AvgIpc) is 3.39. The summed E-state index contributed by atoms with van der Waals surface area (Å²) in [5.74, 6) is -0.977. The van der Waals surface area contributed by atoms with Crippen molar-refractivity contribution in [2.45, 2.75) is 13.0 Å². The Hall–Kier alpha value is -4.84.